The minimum Gasteiger partial charge on any atom is -0.548 e. The van der Waals surface area contributed by atoms with Crippen molar-refractivity contribution in [2.75, 3.05) is 13.2 Å². The van der Waals surface area contributed by atoms with Gasteiger partial charge < -0.3 is 24.7 Å². The second kappa shape index (κ2) is 6.21. The number of carboxylic acid groups (broad SMARTS) is 1. The molecule has 2 saturated carbocycles. The van der Waals surface area contributed by atoms with Gasteiger partial charge in [-0.2, -0.15) is 0 Å². The summed E-state index contributed by atoms with van der Waals surface area (Å²) in [5.41, 5.74) is -1.58. The zero-order valence-electron chi connectivity index (χ0n) is 12.1. The van der Waals surface area contributed by atoms with Gasteiger partial charge in [0.1, 0.15) is 13.2 Å². The van der Waals surface area contributed by atoms with Crippen molar-refractivity contribution in [2.45, 2.75) is 18.4 Å². The fraction of sp³-hybridized carbons (Fsp3) is 0.533. The Kier molecular flexibility index (Phi) is 4.54. The van der Waals surface area contributed by atoms with Crippen molar-refractivity contribution < 1.29 is 29.0 Å². The molecule has 120 valence electrons. The molecule has 4 atom stereocenters. The number of fused-ring (bicyclic) bond motifs is 1. The first-order valence-electron chi connectivity index (χ1n) is 7.02. The van der Waals surface area contributed by atoms with Crippen LogP contribution in [-0.4, -0.2) is 36.8 Å². The van der Waals surface area contributed by atoms with E-state index >= 15 is 0 Å². The Morgan fingerprint density at radius 3 is 2.45 bits per heavy atom. The summed E-state index contributed by atoms with van der Waals surface area (Å²) in [4.78, 5) is 35.2. The molecule has 2 aliphatic rings. The van der Waals surface area contributed by atoms with E-state index in [1.165, 1.54) is 12.2 Å². The SMILES string of the molecule is C=CCOC(=O)NC1(C(=O)[O-])CCC2C(C(=O)OCC=C)C21. The molecule has 0 spiro atoms. The average Bonchev–Trinajstić information content (AvgIpc) is 3.11. The Morgan fingerprint density at radius 1 is 1.23 bits per heavy atom. The first-order chi connectivity index (χ1) is 10.5. The van der Waals surface area contributed by atoms with Gasteiger partial charge in [-0.15, -0.1) is 0 Å². The fourth-order valence-electron chi connectivity index (χ4n) is 3.31. The molecule has 4 unspecified atom stereocenters. The van der Waals surface area contributed by atoms with Crippen molar-refractivity contribution in [1.82, 2.24) is 5.32 Å². The van der Waals surface area contributed by atoms with Crippen LogP contribution >= 0.6 is 0 Å². The lowest BCUT2D eigenvalue weighted by Gasteiger charge is -2.33. The zero-order chi connectivity index (χ0) is 16.3. The number of nitrogens with one attached hydrogen (secondary N) is 1. The third-order valence-electron chi connectivity index (χ3n) is 4.25. The molecule has 2 aliphatic carbocycles. The molecule has 0 saturated heterocycles. The summed E-state index contributed by atoms with van der Waals surface area (Å²) < 4.78 is 9.73. The van der Waals surface area contributed by atoms with E-state index in [0.29, 0.717) is 6.42 Å². The maximum atomic E-state index is 11.9. The van der Waals surface area contributed by atoms with Crippen molar-refractivity contribution in [2.24, 2.45) is 17.8 Å². The first-order valence-corrected chi connectivity index (χ1v) is 7.02. The molecule has 7 heteroatoms. The average molecular weight is 308 g/mol. The number of rotatable bonds is 7. The van der Waals surface area contributed by atoms with Gasteiger partial charge in [0.25, 0.3) is 0 Å². The number of carbonyl (C=O) groups excluding carboxylic acids is 3. The predicted molar refractivity (Wildman–Crippen MR) is 73.3 cm³/mol. The zero-order valence-corrected chi connectivity index (χ0v) is 12.1. The number of carbonyl (C=O) groups is 3. The highest BCUT2D eigenvalue weighted by Crippen LogP contribution is 2.62. The largest absolute Gasteiger partial charge is 0.548 e. The highest BCUT2D eigenvalue weighted by molar-refractivity contribution is 5.88. The third kappa shape index (κ3) is 2.70. The Morgan fingerprint density at radius 2 is 1.86 bits per heavy atom. The van der Waals surface area contributed by atoms with Crippen LogP contribution in [0.15, 0.2) is 25.3 Å². The van der Waals surface area contributed by atoms with Crippen LogP contribution in [0.25, 0.3) is 0 Å². The summed E-state index contributed by atoms with van der Waals surface area (Å²) >= 11 is 0. The number of esters is 1. The molecule has 1 amide bonds. The van der Waals surface area contributed by atoms with Gasteiger partial charge in [-0.1, -0.05) is 25.3 Å². The van der Waals surface area contributed by atoms with Gasteiger partial charge in [0.2, 0.25) is 0 Å². The maximum Gasteiger partial charge on any atom is 0.408 e. The molecule has 1 N–H and O–H groups in total. The summed E-state index contributed by atoms with van der Waals surface area (Å²) in [6.07, 6.45) is 2.66. The number of ether oxygens (including phenoxy) is 2. The van der Waals surface area contributed by atoms with E-state index in [-0.39, 0.29) is 25.6 Å². The minimum atomic E-state index is -1.58. The predicted octanol–water partition coefficient (Wildman–Crippen LogP) is -0.227. The molecule has 22 heavy (non-hydrogen) atoms. The van der Waals surface area contributed by atoms with E-state index < -0.39 is 35.4 Å². The Labute approximate surface area is 128 Å². The smallest absolute Gasteiger partial charge is 0.408 e. The van der Waals surface area contributed by atoms with Gasteiger partial charge in [-0.25, -0.2) is 4.79 Å². The number of alkyl carbamates (subject to hydrolysis) is 1. The lowest BCUT2D eigenvalue weighted by Crippen LogP contribution is -2.61. The standard InChI is InChI=1S/C15H19NO6/c1-3-7-21-12(17)10-9-5-6-15(11(9)10,13(18)19)16-14(20)22-8-4-2/h3-4,9-11H,1-2,5-8H2,(H,16,20)(H,18,19)/p-1. The van der Waals surface area contributed by atoms with Crippen molar-refractivity contribution >= 4 is 18.0 Å². The van der Waals surface area contributed by atoms with E-state index in [9.17, 15) is 19.5 Å². The summed E-state index contributed by atoms with van der Waals surface area (Å²) in [6.45, 7) is 6.88. The van der Waals surface area contributed by atoms with Crippen molar-refractivity contribution in [3.63, 3.8) is 0 Å². The van der Waals surface area contributed by atoms with Crippen LogP contribution in [0.1, 0.15) is 12.8 Å². The molecule has 0 radical (unpaired) electrons. The lowest BCUT2D eigenvalue weighted by atomic mass is 9.90. The number of carboxylic acids is 1. The fourth-order valence-corrected chi connectivity index (χ4v) is 3.31. The van der Waals surface area contributed by atoms with Crippen LogP contribution in [0.3, 0.4) is 0 Å². The van der Waals surface area contributed by atoms with Gasteiger partial charge >= 0.3 is 12.1 Å². The third-order valence-corrected chi connectivity index (χ3v) is 4.25. The van der Waals surface area contributed by atoms with Gasteiger partial charge in [0, 0.05) is 5.92 Å². The molecule has 0 bridgehead atoms. The summed E-state index contributed by atoms with van der Waals surface area (Å²) in [5, 5.41) is 13.9. The molecule has 7 nitrogen and oxygen atoms in total. The second-order valence-electron chi connectivity index (χ2n) is 5.44. The van der Waals surface area contributed by atoms with Gasteiger partial charge in [0.15, 0.2) is 0 Å². The molecule has 2 rings (SSSR count). The highest BCUT2D eigenvalue weighted by Gasteiger charge is 2.70. The van der Waals surface area contributed by atoms with Crippen LogP contribution < -0.4 is 10.4 Å². The second-order valence-corrected chi connectivity index (χ2v) is 5.44. The van der Waals surface area contributed by atoms with E-state index in [1.54, 1.807) is 0 Å². The number of aliphatic carboxylic acids is 1. The van der Waals surface area contributed by atoms with Crippen LogP contribution in [0.2, 0.25) is 0 Å². The quantitative estimate of drug-likeness (QED) is 0.514. The molecule has 0 aromatic heterocycles. The summed E-state index contributed by atoms with van der Waals surface area (Å²) in [7, 11) is 0. The molecule has 0 aromatic carbocycles. The normalized spacial score (nSPS) is 31.5. The lowest BCUT2D eigenvalue weighted by molar-refractivity contribution is -0.315. The maximum absolute atomic E-state index is 11.9. The number of hydrogen-bond donors (Lipinski definition) is 1. The van der Waals surface area contributed by atoms with Crippen LogP contribution in [-0.2, 0) is 19.1 Å². The molecule has 0 heterocycles. The van der Waals surface area contributed by atoms with E-state index in [0.717, 1.165) is 0 Å². The molecule has 0 aliphatic heterocycles. The summed E-state index contributed by atoms with van der Waals surface area (Å²) in [6, 6.07) is 0. The minimum absolute atomic E-state index is 0.0339. The molecular weight excluding hydrogens is 290 g/mol. The van der Waals surface area contributed by atoms with Crippen LogP contribution in [0, 0.1) is 17.8 Å². The number of hydrogen-bond acceptors (Lipinski definition) is 6. The van der Waals surface area contributed by atoms with E-state index in [2.05, 4.69) is 18.5 Å². The van der Waals surface area contributed by atoms with Crippen molar-refractivity contribution in [3.8, 4) is 0 Å². The topological polar surface area (TPSA) is 105 Å². The van der Waals surface area contributed by atoms with Gasteiger partial charge in [-0.05, 0) is 18.8 Å². The first kappa shape index (κ1) is 16.1. The molecular formula is C15H18NO6-. The van der Waals surface area contributed by atoms with Gasteiger partial charge in [0.05, 0.1) is 17.4 Å². The number of amides is 1. The highest BCUT2D eigenvalue weighted by atomic mass is 16.5. The van der Waals surface area contributed by atoms with E-state index in [1.807, 2.05) is 0 Å². The Bertz CT molecular complexity index is 516. The van der Waals surface area contributed by atoms with Gasteiger partial charge in [-0.3, -0.25) is 4.79 Å². The van der Waals surface area contributed by atoms with Crippen molar-refractivity contribution in [3.05, 3.63) is 25.3 Å². The van der Waals surface area contributed by atoms with Crippen LogP contribution in [0.4, 0.5) is 4.79 Å². The van der Waals surface area contributed by atoms with Crippen molar-refractivity contribution in [1.29, 1.82) is 0 Å². The Balaban J connectivity index is 2.07. The van der Waals surface area contributed by atoms with E-state index in [4.69, 9.17) is 9.47 Å². The molecule has 2 fully saturated rings. The van der Waals surface area contributed by atoms with Crippen LogP contribution in [0.5, 0.6) is 0 Å². The molecule has 0 aromatic rings. The summed E-state index contributed by atoms with van der Waals surface area (Å²) in [5.74, 6) is -3.05. The monoisotopic (exact) mass is 308 g/mol. The Hall–Kier alpha value is -2.31.